The minimum atomic E-state index is 0. The van der Waals surface area contributed by atoms with Gasteiger partial charge < -0.3 is 15.6 Å². The summed E-state index contributed by atoms with van der Waals surface area (Å²) in [6.45, 7) is 5.76. The molecule has 148 valence electrons. The molecular formula is C22H28IN5. The van der Waals surface area contributed by atoms with Gasteiger partial charge in [0.15, 0.2) is 5.96 Å². The molecule has 6 heteroatoms. The maximum atomic E-state index is 6.04. The molecule has 0 fully saturated rings. The first-order valence-corrected chi connectivity index (χ1v) is 9.32. The molecule has 0 saturated heterocycles. The fourth-order valence-electron chi connectivity index (χ4n) is 2.93. The molecule has 0 spiro atoms. The van der Waals surface area contributed by atoms with Gasteiger partial charge >= 0.3 is 0 Å². The van der Waals surface area contributed by atoms with E-state index in [0.717, 1.165) is 24.5 Å². The molecule has 0 radical (unpaired) electrons. The van der Waals surface area contributed by atoms with E-state index in [4.69, 9.17) is 5.73 Å². The number of halogens is 1. The third kappa shape index (κ3) is 6.37. The number of aromatic nitrogens is 2. The molecule has 0 aliphatic carbocycles. The number of anilines is 1. The summed E-state index contributed by atoms with van der Waals surface area (Å²) < 4.78 is 2.15. The number of imidazole rings is 1. The summed E-state index contributed by atoms with van der Waals surface area (Å²) in [5, 5.41) is 3.17. The fraction of sp³-hybridized carbons (Fsp3) is 0.273. The number of nitrogens with zero attached hydrogens (tertiary/aromatic N) is 3. The lowest BCUT2D eigenvalue weighted by Gasteiger charge is -2.10. The molecule has 3 rings (SSSR count). The van der Waals surface area contributed by atoms with Crippen LogP contribution >= 0.6 is 24.0 Å². The van der Waals surface area contributed by atoms with Crippen LogP contribution in [0.1, 0.15) is 36.7 Å². The highest BCUT2D eigenvalue weighted by atomic mass is 127. The van der Waals surface area contributed by atoms with Crippen molar-refractivity contribution in [1.29, 1.82) is 0 Å². The van der Waals surface area contributed by atoms with Crippen LogP contribution < -0.4 is 11.1 Å². The minimum absolute atomic E-state index is 0. The quantitative estimate of drug-likeness (QED) is 0.289. The van der Waals surface area contributed by atoms with Crippen LogP contribution in [0.3, 0.4) is 0 Å². The summed E-state index contributed by atoms with van der Waals surface area (Å²) in [4.78, 5) is 8.90. The monoisotopic (exact) mass is 489 g/mol. The molecule has 3 aromatic rings. The van der Waals surface area contributed by atoms with Crippen molar-refractivity contribution in [2.45, 2.75) is 32.7 Å². The lowest BCUT2D eigenvalue weighted by Crippen LogP contribution is -2.23. The van der Waals surface area contributed by atoms with Gasteiger partial charge in [-0.05, 0) is 29.2 Å². The minimum Gasteiger partial charge on any atom is -0.370 e. The van der Waals surface area contributed by atoms with Gasteiger partial charge in [0.25, 0.3) is 0 Å². The lowest BCUT2D eigenvalue weighted by atomic mass is 10.0. The zero-order chi connectivity index (χ0) is 19.1. The van der Waals surface area contributed by atoms with Gasteiger partial charge in [0, 0.05) is 37.6 Å². The van der Waals surface area contributed by atoms with E-state index in [1.54, 1.807) is 0 Å². The average molecular weight is 489 g/mol. The van der Waals surface area contributed by atoms with Crippen molar-refractivity contribution in [1.82, 2.24) is 9.55 Å². The highest BCUT2D eigenvalue weighted by Crippen LogP contribution is 2.18. The maximum absolute atomic E-state index is 6.04. The smallest absolute Gasteiger partial charge is 0.193 e. The molecular weight excluding hydrogens is 461 g/mol. The molecule has 0 saturated carbocycles. The molecule has 0 aliphatic heterocycles. The Hall–Kier alpha value is -2.35. The van der Waals surface area contributed by atoms with E-state index in [1.807, 2.05) is 30.6 Å². The first kappa shape index (κ1) is 21.9. The number of aliphatic imine (C=N–C) groups is 1. The van der Waals surface area contributed by atoms with Gasteiger partial charge in [0.05, 0.1) is 0 Å². The molecule has 5 nitrogen and oxygen atoms in total. The second kappa shape index (κ2) is 10.8. The van der Waals surface area contributed by atoms with E-state index >= 15 is 0 Å². The lowest BCUT2D eigenvalue weighted by molar-refractivity contribution is 0.716. The predicted octanol–water partition coefficient (Wildman–Crippen LogP) is 4.64. The Morgan fingerprint density at radius 2 is 1.93 bits per heavy atom. The van der Waals surface area contributed by atoms with Gasteiger partial charge in [-0.25, -0.2) is 4.98 Å². The van der Waals surface area contributed by atoms with E-state index in [1.165, 1.54) is 11.1 Å². The third-order valence-electron chi connectivity index (χ3n) is 4.44. The molecule has 0 aliphatic rings. The predicted molar refractivity (Wildman–Crippen MR) is 128 cm³/mol. The number of nitrogens with two attached hydrogens (primary N) is 1. The van der Waals surface area contributed by atoms with Crippen LogP contribution in [0.4, 0.5) is 5.69 Å². The SMILES string of the molecule is CC(C)c1cccc(NC(N)=NCCc2nccn2Cc2ccccc2)c1.I. The summed E-state index contributed by atoms with van der Waals surface area (Å²) in [5.74, 6) is 1.92. The Labute approximate surface area is 184 Å². The average Bonchev–Trinajstić information content (AvgIpc) is 3.10. The van der Waals surface area contributed by atoms with Gasteiger partial charge in [0.2, 0.25) is 0 Å². The summed E-state index contributed by atoms with van der Waals surface area (Å²) in [7, 11) is 0. The van der Waals surface area contributed by atoms with Gasteiger partial charge in [-0.3, -0.25) is 4.99 Å². The molecule has 1 aromatic heterocycles. The number of hydrogen-bond donors (Lipinski definition) is 2. The largest absolute Gasteiger partial charge is 0.370 e. The normalized spacial score (nSPS) is 11.3. The number of nitrogens with one attached hydrogen (secondary N) is 1. The Balaban J connectivity index is 0.00000280. The highest BCUT2D eigenvalue weighted by molar-refractivity contribution is 14.0. The summed E-state index contributed by atoms with van der Waals surface area (Å²) >= 11 is 0. The molecule has 28 heavy (non-hydrogen) atoms. The number of rotatable bonds is 7. The first-order valence-electron chi connectivity index (χ1n) is 9.32. The Kier molecular flexibility index (Phi) is 8.50. The number of benzene rings is 2. The maximum Gasteiger partial charge on any atom is 0.193 e. The van der Waals surface area contributed by atoms with Gasteiger partial charge in [-0.15, -0.1) is 24.0 Å². The van der Waals surface area contributed by atoms with Crippen LogP contribution in [-0.2, 0) is 13.0 Å². The third-order valence-corrected chi connectivity index (χ3v) is 4.44. The van der Waals surface area contributed by atoms with Crippen molar-refractivity contribution in [3.8, 4) is 0 Å². The van der Waals surface area contributed by atoms with Gasteiger partial charge in [-0.1, -0.05) is 56.3 Å². The summed E-state index contributed by atoms with van der Waals surface area (Å²) in [6.07, 6.45) is 4.58. The van der Waals surface area contributed by atoms with Gasteiger partial charge in [-0.2, -0.15) is 0 Å². The standard InChI is InChI=1S/C22H27N5.HI/c1-17(2)19-9-6-10-20(15-19)26-22(23)25-12-11-21-24-13-14-27(21)16-18-7-4-3-5-8-18;/h3-10,13-15,17H,11-12,16H2,1-2H3,(H3,23,25,26);1H. The van der Waals surface area contributed by atoms with Crippen LogP contribution in [0.25, 0.3) is 0 Å². The van der Waals surface area contributed by atoms with E-state index in [9.17, 15) is 0 Å². The van der Waals surface area contributed by atoms with Crippen LogP contribution in [0.5, 0.6) is 0 Å². The Bertz CT molecular complexity index is 887. The number of hydrogen-bond acceptors (Lipinski definition) is 2. The van der Waals surface area contributed by atoms with E-state index in [0.29, 0.717) is 18.4 Å². The van der Waals surface area contributed by atoms with Crippen molar-refractivity contribution < 1.29 is 0 Å². The molecule has 0 amide bonds. The van der Waals surface area contributed by atoms with Crippen LogP contribution in [-0.4, -0.2) is 22.1 Å². The van der Waals surface area contributed by atoms with Crippen molar-refractivity contribution in [3.05, 3.63) is 83.9 Å². The molecule has 1 heterocycles. The van der Waals surface area contributed by atoms with Crippen LogP contribution in [0.15, 0.2) is 72.0 Å². The van der Waals surface area contributed by atoms with Crippen molar-refractivity contribution in [2.24, 2.45) is 10.7 Å². The topological polar surface area (TPSA) is 68.2 Å². The second-order valence-electron chi connectivity index (χ2n) is 6.88. The fourth-order valence-corrected chi connectivity index (χ4v) is 2.93. The summed E-state index contributed by atoms with van der Waals surface area (Å²) in [6, 6.07) is 18.6. The van der Waals surface area contributed by atoms with E-state index in [2.05, 4.69) is 70.1 Å². The summed E-state index contributed by atoms with van der Waals surface area (Å²) in [5.41, 5.74) is 9.54. The second-order valence-corrected chi connectivity index (χ2v) is 6.88. The molecule has 3 N–H and O–H groups in total. The van der Waals surface area contributed by atoms with E-state index < -0.39 is 0 Å². The van der Waals surface area contributed by atoms with Crippen molar-refractivity contribution >= 4 is 35.6 Å². The molecule has 2 aromatic carbocycles. The van der Waals surface area contributed by atoms with Gasteiger partial charge in [0.1, 0.15) is 5.82 Å². The van der Waals surface area contributed by atoms with Crippen molar-refractivity contribution in [3.63, 3.8) is 0 Å². The van der Waals surface area contributed by atoms with Crippen LogP contribution in [0, 0.1) is 0 Å². The Morgan fingerprint density at radius 3 is 2.68 bits per heavy atom. The van der Waals surface area contributed by atoms with Crippen molar-refractivity contribution in [2.75, 3.05) is 11.9 Å². The first-order chi connectivity index (χ1) is 13.1. The number of guanidine groups is 1. The highest BCUT2D eigenvalue weighted by Gasteiger charge is 2.04. The molecule has 0 atom stereocenters. The zero-order valence-corrected chi connectivity index (χ0v) is 18.7. The van der Waals surface area contributed by atoms with Crippen LogP contribution in [0.2, 0.25) is 0 Å². The Morgan fingerprint density at radius 1 is 1.14 bits per heavy atom. The van der Waals surface area contributed by atoms with E-state index in [-0.39, 0.29) is 24.0 Å². The molecule has 0 unspecified atom stereocenters. The molecule has 0 bridgehead atoms. The zero-order valence-electron chi connectivity index (χ0n) is 16.4.